The molecule has 0 bridgehead atoms. The number of aliphatic imine (C=N–C) groups is 1. The van der Waals surface area contributed by atoms with Crippen LogP contribution in [0.1, 0.15) is 54.3 Å². The summed E-state index contributed by atoms with van der Waals surface area (Å²) in [6.07, 6.45) is 3.17. The number of halogens is 2. The molecule has 1 amide bonds. The maximum Gasteiger partial charge on any atom is 0.277 e. The van der Waals surface area contributed by atoms with Gasteiger partial charge in [0.05, 0.1) is 17.5 Å². The van der Waals surface area contributed by atoms with E-state index in [2.05, 4.69) is 15.3 Å². The molecule has 4 rings (SSSR count). The average molecular weight is 450 g/mol. The summed E-state index contributed by atoms with van der Waals surface area (Å²) in [7, 11) is 0.343. The summed E-state index contributed by atoms with van der Waals surface area (Å²) in [5, 5.41) is 2.37. The van der Waals surface area contributed by atoms with Gasteiger partial charge in [-0.15, -0.1) is 0 Å². The number of carbonyl (C=O) groups is 1. The Balaban J connectivity index is 0.00000132. The summed E-state index contributed by atoms with van der Waals surface area (Å²) < 4.78 is 41.1. The fourth-order valence-electron chi connectivity index (χ4n) is 3.68. The highest BCUT2D eigenvalue weighted by Crippen LogP contribution is 2.38. The fraction of sp³-hybridized carbons (Fsp3) is 0.381. The Morgan fingerprint density at radius 2 is 2.03 bits per heavy atom. The Morgan fingerprint density at radius 1 is 1.29 bits per heavy atom. The number of nitrogens with zero attached hydrogens (tertiary/aromatic N) is 3. The SMILES string of the molecule is CC.CN1C(N)=NC2c3cc(NC(=O)c4ncc(F)cc4F)ccc3CCCC2S1=O. The van der Waals surface area contributed by atoms with Crippen molar-refractivity contribution in [3.8, 4) is 0 Å². The molecule has 0 saturated carbocycles. The molecule has 1 aromatic heterocycles. The number of anilines is 1. The normalized spacial score (nSPS) is 22.2. The molecule has 0 fully saturated rings. The number of pyridine rings is 1. The summed E-state index contributed by atoms with van der Waals surface area (Å²) in [4.78, 5) is 20.4. The van der Waals surface area contributed by atoms with Crippen molar-refractivity contribution in [1.82, 2.24) is 9.29 Å². The number of benzene rings is 1. The molecular formula is C21H25F2N5O2S. The largest absolute Gasteiger partial charge is 0.369 e. The maximum atomic E-state index is 13.8. The number of hydrogen-bond donors (Lipinski definition) is 2. The number of carbonyl (C=O) groups excluding carboxylic acids is 1. The number of guanidine groups is 1. The van der Waals surface area contributed by atoms with Crippen molar-refractivity contribution in [3.05, 3.63) is 58.9 Å². The molecule has 1 aromatic carbocycles. The first kappa shape index (κ1) is 22.8. The second kappa shape index (κ2) is 9.51. The molecule has 3 N–H and O–H groups in total. The van der Waals surface area contributed by atoms with Crippen LogP contribution in [-0.4, -0.2) is 37.7 Å². The highest BCUT2D eigenvalue weighted by molar-refractivity contribution is 7.84. The minimum atomic E-state index is -1.31. The lowest BCUT2D eigenvalue weighted by molar-refractivity contribution is 0.101. The molecule has 3 atom stereocenters. The number of rotatable bonds is 2. The van der Waals surface area contributed by atoms with Crippen LogP contribution in [-0.2, 0) is 17.4 Å². The molecule has 2 aliphatic rings. The van der Waals surface area contributed by atoms with Gasteiger partial charge >= 0.3 is 0 Å². The number of aromatic nitrogens is 1. The quantitative estimate of drug-likeness (QED) is 0.735. The van der Waals surface area contributed by atoms with E-state index in [-0.39, 0.29) is 17.3 Å². The molecule has 0 spiro atoms. The number of amides is 1. The average Bonchev–Trinajstić information content (AvgIpc) is 2.93. The van der Waals surface area contributed by atoms with E-state index in [9.17, 15) is 17.8 Å². The predicted octanol–water partition coefficient (Wildman–Crippen LogP) is 3.31. The van der Waals surface area contributed by atoms with E-state index < -0.39 is 34.2 Å². The minimum absolute atomic E-state index is 0.199. The molecule has 3 unspecified atom stereocenters. The topological polar surface area (TPSA) is 101 Å². The zero-order chi connectivity index (χ0) is 22.7. The summed E-state index contributed by atoms with van der Waals surface area (Å²) >= 11 is 0. The number of fused-ring (bicyclic) bond motifs is 3. The van der Waals surface area contributed by atoms with Gasteiger partial charge in [0.1, 0.15) is 16.8 Å². The van der Waals surface area contributed by atoms with Crippen LogP contribution >= 0.6 is 0 Å². The van der Waals surface area contributed by atoms with Gasteiger partial charge in [-0.3, -0.25) is 9.10 Å². The molecule has 2 heterocycles. The fourth-order valence-corrected chi connectivity index (χ4v) is 5.12. The van der Waals surface area contributed by atoms with Gasteiger partial charge in [0, 0.05) is 18.8 Å². The van der Waals surface area contributed by atoms with Crippen molar-refractivity contribution >= 4 is 28.5 Å². The molecular weight excluding hydrogens is 424 g/mol. The molecule has 10 heteroatoms. The lowest BCUT2D eigenvalue weighted by Gasteiger charge is -2.33. The van der Waals surface area contributed by atoms with Crippen molar-refractivity contribution in [3.63, 3.8) is 0 Å². The molecule has 0 saturated heterocycles. The zero-order valence-electron chi connectivity index (χ0n) is 17.6. The third-order valence-electron chi connectivity index (χ3n) is 5.16. The van der Waals surface area contributed by atoms with Crippen LogP contribution in [0.2, 0.25) is 0 Å². The maximum absolute atomic E-state index is 13.8. The molecule has 1 aliphatic carbocycles. The molecule has 2 aromatic rings. The summed E-state index contributed by atoms with van der Waals surface area (Å²) in [5.41, 5.74) is 7.73. The van der Waals surface area contributed by atoms with Gasteiger partial charge in [-0.1, -0.05) is 19.9 Å². The van der Waals surface area contributed by atoms with Gasteiger partial charge in [0.15, 0.2) is 11.5 Å². The van der Waals surface area contributed by atoms with Gasteiger partial charge in [-0.25, -0.2) is 23.0 Å². The van der Waals surface area contributed by atoms with Crippen LogP contribution < -0.4 is 11.1 Å². The zero-order valence-corrected chi connectivity index (χ0v) is 18.4. The summed E-state index contributed by atoms with van der Waals surface area (Å²) in [6, 6.07) is 5.54. The van der Waals surface area contributed by atoms with Gasteiger partial charge < -0.3 is 11.1 Å². The number of hydrogen-bond acceptors (Lipinski definition) is 5. The standard InChI is InChI=1S/C19H19F2N5O2S.C2H6/c1-26-19(22)25-16-13-8-12(6-5-10(13)3-2-4-15(16)29(26)28)24-18(27)17-14(21)7-11(20)9-23-17;1-2/h5-9,15-16H,2-4H2,1H3,(H2,22,25)(H,24,27);1-2H3. The van der Waals surface area contributed by atoms with Crippen molar-refractivity contribution in [2.75, 3.05) is 12.4 Å². The van der Waals surface area contributed by atoms with E-state index in [1.165, 1.54) is 4.31 Å². The molecule has 0 radical (unpaired) electrons. The first-order valence-electron chi connectivity index (χ1n) is 10.1. The van der Waals surface area contributed by atoms with E-state index in [1.54, 1.807) is 19.2 Å². The Kier molecular flexibility index (Phi) is 6.99. The van der Waals surface area contributed by atoms with Gasteiger partial charge in [-0.05, 0) is 42.5 Å². The van der Waals surface area contributed by atoms with Crippen molar-refractivity contribution in [1.29, 1.82) is 0 Å². The first-order chi connectivity index (χ1) is 14.8. The van der Waals surface area contributed by atoms with Gasteiger partial charge in [-0.2, -0.15) is 0 Å². The summed E-state index contributed by atoms with van der Waals surface area (Å²) in [6.45, 7) is 4.00. The van der Waals surface area contributed by atoms with E-state index in [0.29, 0.717) is 11.8 Å². The lowest BCUT2D eigenvalue weighted by atomic mass is 9.98. The molecule has 1 aliphatic heterocycles. The predicted molar refractivity (Wildman–Crippen MR) is 117 cm³/mol. The smallest absolute Gasteiger partial charge is 0.277 e. The Hall–Kier alpha value is -2.88. The molecule has 31 heavy (non-hydrogen) atoms. The molecule has 166 valence electrons. The Morgan fingerprint density at radius 3 is 2.74 bits per heavy atom. The second-order valence-electron chi connectivity index (χ2n) is 6.99. The van der Waals surface area contributed by atoms with E-state index in [4.69, 9.17) is 5.73 Å². The number of nitrogens with one attached hydrogen (secondary N) is 1. The highest BCUT2D eigenvalue weighted by Gasteiger charge is 2.38. The minimum Gasteiger partial charge on any atom is -0.369 e. The van der Waals surface area contributed by atoms with Crippen LogP contribution in [0.5, 0.6) is 0 Å². The monoisotopic (exact) mass is 449 g/mol. The van der Waals surface area contributed by atoms with Crippen molar-refractivity contribution < 1.29 is 17.8 Å². The Bertz CT molecular complexity index is 1050. The third-order valence-corrected chi connectivity index (χ3v) is 6.89. The van der Waals surface area contributed by atoms with Crippen LogP contribution in [0.25, 0.3) is 0 Å². The van der Waals surface area contributed by atoms with E-state index in [1.807, 2.05) is 19.9 Å². The second-order valence-corrected chi connectivity index (χ2v) is 8.69. The lowest BCUT2D eigenvalue weighted by Crippen LogP contribution is -2.46. The van der Waals surface area contributed by atoms with Crippen LogP contribution in [0.4, 0.5) is 14.5 Å². The molecule has 7 nitrogen and oxygen atoms in total. The Labute approximate surface area is 182 Å². The number of aryl methyl sites for hydroxylation is 1. The van der Waals surface area contributed by atoms with Gasteiger partial charge in [0.2, 0.25) is 5.96 Å². The number of nitrogens with two attached hydrogens (primary N) is 1. The van der Waals surface area contributed by atoms with Crippen LogP contribution in [0.15, 0.2) is 35.5 Å². The van der Waals surface area contributed by atoms with Crippen LogP contribution in [0, 0.1) is 11.6 Å². The first-order valence-corrected chi connectivity index (χ1v) is 11.2. The van der Waals surface area contributed by atoms with E-state index >= 15 is 0 Å². The van der Waals surface area contributed by atoms with Crippen molar-refractivity contribution in [2.24, 2.45) is 10.7 Å². The third kappa shape index (κ3) is 4.58. The summed E-state index contributed by atoms with van der Waals surface area (Å²) in [5.74, 6) is -2.49. The van der Waals surface area contributed by atoms with Crippen molar-refractivity contribution in [2.45, 2.75) is 44.4 Å². The highest BCUT2D eigenvalue weighted by atomic mass is 32.2. The van der Waals surface area contributed by atoms with Crippen LogP contribution in [0.3, 0.4) is 0 Å². The van der Waals surface area contributed by atoms with Gasteiger partial charge in [0.25, 0.3) is 5.91 Å². The van der Waals surface area contributed by atoms with E-state index in [0.717, 1.165) is 36.6 Å².